The van der Waals surface area contributed by atoms with E-state index in [1.54, 1.807) is 11.8 Å². The molecule has 0 bridgehead atoms. The molecule has 5 nitrogen and oxygen atoms in total. The Balaban J connectivity index is 2.53. The highest BCUT2D eigenvalue weighted by Gasteiger charge is 2.34. The molecule has 0 aliphatic carbocycles. The standard InChI is InChI=1S/C13H24N2O3/c1-5-13(4,11(16)17)8-14-12(18)15-7-9(2)6-10(15)3/h9-10H,5-8H2,1-4H3,(H,14,18)(H,16,17). The molecule has 0 aromatic heterocycles. The van der Waals surface area contributed by atoms with Crippen LogP contribution in [-0.2, 0) is 4.79 Å². The van der Waals surface area contributed by atoms with Crippen LogP contribution in [0.15, 0.2) is 0 Å². The fraction of sp³-hybridized carbons (Fsp3) is 0.846. The number of hydrogen-bond donors (Lipinski definition) is 2. The van der Waals surface area contributed by atoms with Gasteiger partial charge in [-0.3, -0.25) is 4.79 Å². The molecule has 2 amide bonds. The fourth-order valence-corrected chi connectivity index (χ4v) is 2.31. The van der Waals surface area contributed by atoms with Gasteiger partial charge in [-0.25, -0.2) is 4.79 Å². The summed E-state index contributed by atoms with van der Waals surface area (Å²) in [6, 6.07) is 0.0884. The van der Waals surface area contributed by atoms with Crippen molar-refractivity contribution in [3.8, 4) is 0 Å². The molecule has 1 heterocycles. The number of rotatable bonds is 4. The van der Waals surface area contributed by atoms with Crippen LogP contribution in [0.1, 0.15) is 40.5 Å². The van der Waals surface area contributed by atoms with E-state index in [2.05, 4.69) is 12.2 Å². The fourth-order valence-electron chi connectivity index (χ4n) is 2.31. The summed E-state index contributed by atoms with van der Waals surface area (Å²) in [6.07, 6.45) is 1.51. The number of hydrogen-bond acceptors (Lipinski definition) is 2. The minimum absolute atomic E-state index is 0.146. The molecule has 0 radical (unpaired) electrons. The van der Waals surface area contributed by atoms with Crippen molar-refractivity contribution in [2.75, 3.05) is 13.1 Å². The summed E-state index contributed by atoms with van der Waals surface area (Å²) in [7, 11) is 0. The predicted octanol–water partition coefficient (Wildman–Crippen LogP) is 1.93. The van der Waals surface area contributed by atoms with Crippen molar-refractivity contribution in [2.45, 2.75) is 46.6 Å². The number of carbonyl (C=O) groups excluding carboxylic acids is 1. The lowest BCUT2D eigenvalue weighted by molar-refractivity contribution is -0.147. The van der Waals surface area contributed by atoms with Gasteiger partial charge in [0.25, 0.3) is 0 Å². The summed E-state index contributed by atoms with van der Waals surface area (Å²) >= 11 is 0. The van der Waals surface area contributed by atoms with Gasteiger partial charge in [0.05, 0.1) is 5.41 Å². The first-order chi connectivity index (χ1) is 8.30. The Kier molecular flexibility index (Phi) is 4.59. The van der Waals surface area contributed by atoms with Crippen LogP contribution < -0.4 is 5.32 Å². The van der Waals surface area contributed by atoms with E-state index in [0.717, 1.165) is 13.0 Å². The molecular formula is C13H24N2O3. The van der Waals surface area contributed by atoms with Gasteiger partial charge >= 0.3 is 12.0 Å². The number of nitrogens with one attached hydrogen (secondary N) is 1. The Bertz CT molecular complexity index is 332. The van der Waals surface area contributed by atoms with Crippen molar-refractivity contribution in [3.05, 3.63) is 0 Å². The van der Waals surface area contributed by atoms with Crippen molar-refractivity contribution < 1.29 is 14.7 Å². The SMILES string of the molecule is CCC(C)(CNC(=O)N1CC(C)CC1C)C(=O)O. The maximum absolute atomic E-state index is 12.0. The monoisotopic (exact) mass is 256 g/mol. The Labute approximate surface area is 109 Å². The van der Waals surface area contributed by atoms with Crippen LogP contribution >= 0.6 is 0 Å². The molecule has 18 heavy (non-hydrogen) atoms. The van der Waals surface area contributed by atoms with E-state index < -0.39 is 11.4 Å². The lowest BCUT2D eigenvalue weighted by atomic mass is 9.88. The second-order valence-corrected chi connectivity index (χ2v) is 5.72. The molecule has 3 unspecified atom stereocenters. The van der Waals surface area contributed by atoms with E-state index >= 15 is 0 Å². The summed E-state index contributed by atoms with van der Waals surface area (Å²) in [4.78, 5) is 24.9. The molecule has 3 atom stereocenters. The minimum Gasteiger partial charge on any atom is -0.481 e. The van der Waals surface area contributed by atoms with Gasteiger partial charge in [0.15, 0.2) is 0 Å². The van der Waals surface area contributed by atoms with Crippen molar-refractivity contribution >= 4 is 12.0 Å². The second-order valence-electron chi connectivity index (χ2n) is 5.72. The number of amides is 2. The Morgan fingerprint density at radius 2 is 2.06 bits per heavy atom. The maximum atomic E-state index is 12.0. The molecule has 1 fully saturated rings. The number of carbonyl (C=O) groups is 2. The molecule has 1 rings (SSSR count). The molecule has 1 saturated heterocycles. The Hall–Kier alpha value is -1.26. The van der Waals surface area contributed by atoms with Crippen LogP contribution in [0.4, 0.5) is 4.79 Å². The third-order valence-corrected chi connectivity index (χ3v) is 3.97. The molecule has 1 aliphatic rings. The van der Waals surface area contributed by atoms with E-state index in [9.17, 15) is 9.59 Å². The first-order valence-corrected chi connectivity index (χ1v) is 6.58. The summed E-state index contributed by atoms with van der Waals surface area (Å²) in [6.45, 7) is 8.56. The molecule has 5 heteroatoms. The molecule has 2 N–H and O–H groups in total. The van der Waals surface area contributed by atoms with E-state index in [0.29, 0.717) is 12.3 Å². The third kappa shape index (κ3) is 3.15. The van der Waals surface area contributed by atoms with Gasteiger partial charge in [-0.1, -0.05) is 13.8 Å². The van der Waals surface area contributed by atoms with Gasteiger partial charge < -0.3 is 15.3 Å². The van der Waals surface area contributed by atoms with Crippen LogP contribution in [0, 0.1) is 11.3 Å². The summed E-state index contributed by atoms with van der Waals surface area (Å²) in [5, 5.41) is 11.9. The average Bonchev–Trinajstić information content (AvgIpc) is 2.64. The van der Waals surface area contributed by atoms with Gasteiger partial charge in [-0.05, 0) is 32.6 Å². The Morgan fingerprint density at radius 3 is 2.44 bits per heavy atom. The van der Waals surface area contributed by atoms with Crippen LogP contribution in [0.3, 0.4) is 0 Å². The first kappa shape index (κ1) is 14.8. The smallest absolute Gasteiger partial charge is 0.317 e. The highest BCUT2D eigenvalue weighted by molar-refractivity contribution is 5.78. The number of urea groups is 1. The number of nitrogens with zero attached hydrogens (tertiary/aromatic N) is 1. The van der Waals surface area contributed by atoms with Gasteiger partial charge in [-0.2, -0.15) is 0 Å². The third-order valence-electron chi connectivity index (χ3n) is 3.97. The maximum Gasteiger partial charge on any atom is 0.317 e. The molecule has 0 saturated carbocycles. The minimum atomic E-state index is -0.885. The zero-order valence-electron chi connectivity index (χ0n) is 11.7. The zero-order chi connectivity index (χ0) is 13.9. The van der Waals surface area contributed by atoms with Gasteiger partial charge in [-0.15, -0.1) is 0 Å². The lowest BCUT2D eigenvalue weighted by Crippen LogP contribution is -2.47. The van der Waals surface area contributed by atoms with Gasteiger partial charge in [0, 0.05) is 19.1 Å². The van der Waals surface area contributed by atoms with Crippen LogP contribution in [0.25, 0.3) is 0 Å². The molecule has 0 spiro atoms. The van der Waals surface area contributed by atoms with Crippen molar-refractivity contribution in [1.29, 1.82) is 0 Å². The highest BCUT2D eigenvalue weighted by atomic mass is 16.4. The molecular weight excluding hydrogens is 232 g/mol. The molecule has 1 aliphatic heterocycles. The quantitative estimate of drug-likeness (QED) is 0.807. The van der Waals surface area contributed by atoms with Gasteiger partial charge in [0.2, 0.25) is 0 Å². The highest BCUT2D eigenvalue weighted by Crippen LogP contribution is 2.23. The number of aliphatic carboxylic acids is 1. The summed E-state index contributed by atoms with van der Waals surface area (Å²) in [5.74, 6) is -0.351. The number of carboxylic acid groups (broad SMARTS) is 1. The average molecular weight is 256 g/mol. The van der Waals surface area contributed by atoms with Crippen molar-refractivity contribution in [2.24, 2.45) is 11.3 Å². The van der Waals surface area contributed by atoms with Crippen LogP contribution in [0.2, 0.25) is 0 Å². The van der Waals surface area contributed by atoms with Crippen molar-refractivity contribution in [1.82, 2.24) is 10.2 Å². The largest absolute Gasteiger partial charge is 0.481 e. The zero-order valence-corrected chi connectivity index (χ0v) is 11.7. The van der Waals surface area contributed by atoms with E-state index in [4.69, 9.17) is 5.11 Å². The normalized spacial score (nSPS) is 26.8. The molecule has 104 valence electrons. The van der Waals surface area contributed by atoms with Crippen LogP contribution in [-0.4, -0.2) is 41.1 Å². The number of likely N-dealkylation sites (tertiary alicyclic amines) is 1. The van der Waals surface area contributed by atoms with E-state index in [1.807, 2.05) is 13.8 Å². The second kappa shape index (κ2) is 5.59. The Morgan fingerprint density at radius 1 is 1.44 bits per heavy atom. The van der Waals surface area contributed by atoms with Gasteiger partial charge in [0.1, 0.15) is 0 Å². The lowest BCUT2D eigenvalue weighted by Gasteiger charge is -2.27. The molecule has 0 aromatic rings. The molecule has 0 aromatic carbocycles. The first-order valence-electron chi connectivity index (χ1n) is 6.58. The predicted molar refractivity (Wildman–Crippen MR) is 69.4 cm³/mol. The number of carboxylic acids is 1. The summed E-state index contributed by atoms with van der Waals surface area (Å²) < 4.78 is 0. The van der Waals surface area contributed by atoms with Crippen LogP contribution in [0.5, 0.6) is 0 Å². The topological polar surface area (TPSA) is 69.6 Å². The van der Waals surface area contributed by atoms with E-state index in [1.165, 1.54) is 0 Å². The van der Waals surface area contributed by atoms with Crippen molar-refractivity contribution in [3.63, 3.8) is 0 Å². The summed E-state index contributed by atoms with van der Waals surface area (Å²) in [5.41, 5.74) is -0.885. The van der Waals surface area contributed by atoms with E-state index in [-0.39, 0.29) is 18.6 Å².